The van der Waals surface area contributed by atoms with Crippen molar-refractivity contribution in [1.82, 2.24) is 0 Å². The molecule has 0 unspecified atom stereocenters. The van der Waals surface area contributed by atoms with E-state index < -0.39 is 10.0 Å². The lowest BCUT2D eigenvalue weighted by Crippen LogP contribution is -2.40. The number of benzene rings is 2. The molecule has 0 bridgehead atoms. The fraction of sp³-hybridized carbons (Fsp3) is 0.263. The SMILES string of the molecule is COc1ccccc1NS(=O)(=O)c1cc(N2C(=O)CCCC2=O)ccc1OC. The fourth-order valence-corrected chi connectivity index (χ4v) is 4.24. The van der Waals surface area contributed by atoms with Crippen molar-refractivity contribution in [1.29, 1.82) is 0 Å². The van der Waals surface area contributed by atoms with Crippen LogP contribution in [0.3, 0.4) is 0 Å². The first-order valence-corrected chi connectivity index (χ1v) is 10.1. The van der Waals surface area contributed by atoms with Gasteiger partial charge in [-0.1, -0.05) is 12.1 Å². The number of nitrogens with zero attached hydrogens (tertiary/aromatic N) is 1. The van der Waals surface area contributed by atoms with Gasteiger partial charge in [-0.25, -0.2) is 8.42 Å². The summed E-state index contributed by atoms with van der Waals surface area (Å²) in [4.78, 5) is 25.2. The summed E-state index contributed by atoms with van der Waals surface area (Å²) in [6, 6.07) is 10.7. The number of methoxy groups -OCH3 is 2. The standard InChI is InChI=1S/C19H20N2O6S/c1-26-15-7-4-3-6-14(15)20-28(24,25)17-12-13(10-11-16(17)27-2)21-18(22)8-5-9-19(21)23/h3-4,6-7,10-12,20H,5,8-9H2,1-2H3. The number of imide groups is 1. The maximum Gasteiger partial charge on any atom is 0.265 e. The summed E-state index contributed by atoms with van der Waals surface area (Å²) in [5.74, 6) is -0.282. The third kappa shape index (κ3) is 3.79. The molecule has 0 radical (unpaired) electrons. The molecule has 28 heavy (non-hydrogen) atoms. The van der Waals surface area contributed by atoms with Gasteiger partial charge >= 0.3 is 0 Å². The number of ether oxygens (including phenoxy) is 2. The Balaban J connectivity index is 2.04. The number of rotatable bonds is 6. The maximum atomic E-state index is 13.0. The third-order valence-corrected chi connectivity index (χ3v) is 5.71. The molecule has 1 saturated heterocycles. The molecule has 8 nitrogen and oxygen atoms in total. The van der Waals surface area contributed by atoms with Crippen LogP contribution in [0, 0.1) is 0 Å². The van der Waals surface area contributed by atoms with Crippen molar-refractivity contribution in [2.45, 2.75) is 24.2 Å². The zero-order valence-electron chi connectivity index (χ0n) is 15.5. The number of para-hydroxylation sites is 2. The van der Waals surface area contributed by atoms with Crippen molar-refractivity contribution in [2.75, 3.05) is 23.8 Å². The quantitative estimate of drug-likeness (QED) is 0.743. The highest BCUT2D eigenvalue weighted by atomic mass is 32.2. The minimum atomic E-state index is -4.09. The van der Waals surface area contributed by atoms with Crippen LogP contribution < -0.4 is 19.1 Å². The van der Waals surface area contributed by atoms with Crippen molar-refractivity contribution in [3.05, 3.63) is 42.5 Å². The highest BCUT2D eigenvalue weighted by molar-refractivity contribution is 7.92. The summed E-state index contributed by atoms with van der Waals surface area (Å²) in [5.41, 5.74) is 0.443. The van der Waals surface area contributed by atoms with E-state index in [1.807, 2.05) is 0 Å². The topological polar surface area (TPSA) is 102 Å². The summed E-state index contributed by atoms with van der Waals surface area (Å²) in [5, 5.41) is 0. The number of hydrogen-bond donors (Lipinski definition) is 1. The van der Waals surface area contributed by atoms with Crippen molar-refractivity contribution in [3.63, 3.8) is 0 Å². The normalized spacial score (nSPS) is 14.7. The molecule has 2 amide bonds. The highest BCUT2D eigenvalue weighted by Crippen LogP contribution is 2.33. The number of piperidine rings is 1. The molecule has 1 aliphatic rings. The van der Waals surface area contributed by atoms with Crippen LogP contribution in [0.15, 0.2) is 47.4 Å². The van der Waals surface area contributed by atoms with E-state index in [1.54, 1.807) is 24.3 Å². The van der Waals surface area contributed by atoms with E-state index in [1.165, 1.54) is 32.4 Å². The van der Waals surface area contributed by atoms with E-state index in [0.29, 0.717) is 12.2 Å². The van der Waals surface area contributed by atoms with Crippen LogP contribution in [-0.2, 0) is 19.6 Å². The van der Waals surface area contributed by atoms with E-state index in [4.69, 9.17) is 9.47 Å². The summed E-state index contributed by atoms with van der Waals surface area (Å²) in [7, 11) is -1.32. The van der Waals surface area contributed by atoms with Crippen LogP contribution in [-0.4, -0.2) is 34.5 Å². The molecule has 0 spiro atoms. The molecule has 1 aliphatic heterocycles. The maximum absolute atomic E-state index is 13.0. The lowest BCUT2D eigenvalue weighted by molar-refractivity contribution is -0.129. The first-order chi connectivity index (χ1) is 13.4. The van der Waals surface area contributed by atoms with Gasteiger partial charge in [0.15, 0.2) is 0 Å². The van der Waals surface area contributed by atoms with Crippen LogP contribution in [0.4, 0.5) is 11.4 Å². The first kappa shape index (κ1) is 19.7. The Labute approximate surface area is 163 Å². The van der Waals surface area contributed by atoms with Gasteiger partial charge in [-0.2, -0.15) is 0 Å². The van der Waals surface area contributed by atoms with Crippen molar-refractivity contribution >= 4 is 33.2 Å². The summed E-state index contributed by atoms with van der Waals surface area (Å²) >= 11 is 0. The van der Waals surface area contributed by atoms with Crippen molar-refractivity contribution < 1.29 is 27.5 Å². The van der Waals surface area contributed by atoms with Gasteiger partial charge in [0.2, 0.25) is 11.8 Å². The largest absolute Gasteiger partial charge is 0.495 e. The fourth-order valence-electron chi connectivity index (χ4n) is 2.98. The third-order valence-electron chi connectivity index (χ3n) is 4.33. The van der Waals surface area contributed by atoms with Gasteiger partial charge in [0.25, 0.3) is 10.0 Å². The van der Waals surface area contributed by atoms with Gasteiger partial charge in [-0.3, -0.25) is 19.2 Å². The second-order valence-corrected chi connectivity index (χ2v) is 7.77. The van der Waals surface area contributed by atoms with Gasteiger partial charge in [0.05, 0.1) is 25.6 Å². The predicted octanol–water partition coefficient (Wildman–Crippen LogP) is 2.55. The number of nitrogens with one attached hydrogen (secondary N) is 1. The Kier molecular flexibility index (Phi) is 5.55. The number of carbonyl (C=O) groups is 2. The molecule has 148 valence electrons. The van der Waals surface area contributed by atoms with Crippen LogP contribution in [0.2, 0.25) is 0 Å². The molecule has 0 aliphatic carbocycles. The molecule has 2 aromatic carbocycles. The van der Waals surface area contributed by atoms with E-state index in [-0.39, 0.29) is 46.7 Å². The second kappa shape index (κ2) is 7.89. The van der Waals surface area contributed by atoms with E-state index in [9.17, 15) is 18.0 Å². The van der Waals surface area contributed by atoms with Crippen molar-refractivity contribution in [2.24, 2.45) is 0 Å². The average Bonchev–Trinajstić information content (AvgIpc) is 2.68. The number of sulfonamides is 1. The first-order valence-electron chi connectivity index (χ1n) is 8.57. The number of amides is 2. The molecule has 0 atom stereocenters. The van der Waals surface area contributed by atoms with Gasteiger partial charge in [0.1, 0.15) is 16.4 Å². The Hall–Kier alpha value is -3.07. The summed E-state index contributed by atoms with van der Waals surface area (Å²) in [6.45, 7) is 0. The minimum Gasteiger partial charge on any atom is -0.495 e. The molecule has 1 fully saturated rings. The highest BCUT2D eigenvalue weighted by Gasteiger charge is 2.30. The van der Waals surface area contributed by atoms with Gasteiger partial charge in [-0.05, 0) is 36.8 Å². The van der Waals surface area contributed by atoms with Gasteiger partial charge in [-0.15, -0.1) is 0 Å². The summed E-state index contributed by atoms with van der Waals surface area (Å²) < 4.78 is 38.8. The zero-order valence-corrected chi connectivity index (χ0v) is 16.3. The molecule has 3 rings (SSSR count). The van der Waals surface area contributed by atoms with E-state index in [2.05, 4.69) is 4.72 Å². The smallest absolute Gasteiger partial charge is 0.265 e. The average molecular weight is 404 g/mol. The predicted molar refractivity (Wildman–Crippen MR) is 103 cm³/mol. The summed E-state index contributed by atoms with van der Waals surface area (Å²) in [6.07, 6.45) is 0.962. The van der Waals surface area contributed by atoms with Crippen LogP contribution in [0.1, 0.15) is 19.3 Å². The Morgan fingerprint density at radius 3 is 2.21 bits per heavy atom. The van der Waals surface area contributed by atoms with Gasteiger partial charge in [0, 0.05) is 12.8 Å². The monoisotopic (exact) mass is 404 g/mol. The van der Waals surface area contributed by atoms with E-state index in [0.717, 1.165) is 4.90 Å². The molecular formula is C19H20N2O6S. The molecule has 2 aromatic rings. The molecule has 9 heteroatoms. The van der Waals surface area contributed by atoms with Gasteiger partial charge < -0.3 is 9.47 Å². The molecule has 1 N–H and O–H groups in total. The lowest BCUT2D eigenvalue weighted by atomic mass is 10.1. The molecule has 0 aromatic heterocycles. The van der Waals surface area contributed by atoms with Crippen LogP contribution in [0.25, 0.3) is 0 Å². The number of anilines is 2. The number of carbonyl (C=O) groups excluding carboxylic acids is 2. The van der Waals surface area contributed by atoms with Crippen molar-refractivity contribution in [3.8, 4) is 11.5 Å². The minimum absolute atomic E-state index is 0.0862. The molecule has 1 heterocycles. The van der Waals surface area contributed by atoms with E-state index >= 15 is 0 Å². The van der Waals surface area contributed by atoms with Crippen LogP contribution >= 0.6 is 0 Å². The van der Waals surface area contributed by atoms with Crippen LogP contribution in [0.5, 0.6) is 11.5 Å². The molecule has 0 saturated carbocycles. The second-order valence-electron chi connectivity index (χ2n) is 6.12. The zero-order chi connectivity index (χ0) is 20.3. The Morgan fingerprint density at radius 2 is 1.57 bits per heavy atom. The molecular weight excluding hydrogens is 384 g/mol. The Morgan fingerprint density at radius 1 is 0.929 bits per heavy atom. The number of hydrogen-bond acceptors (Lipinski definition) is 6. The lowest BCUT2D eigenvalue weighted by Gasteiger charge is -2.25. The Bertz CT molecular complexity index is 1000.